The molecule has 17 heavy (non-hydrogen) atoms. The van der Waals surface area contributed by atoms with Crippen molar-refractivity contribution in [3.8, 4) is 0 Å². The summed E-state index contributed by atoms with van der Waals surface area (Å²) >= 11 is 3.58. The molecule has 2 rings (SSSR count). The smallest absolute Gasteiger partial charge is 0.0220 e. The van der Waals surface area contributed by atoms with Crippen molar-refractivity contribution in [3.63, 3.8) is 0 Å². The van der Waals surface area contributed by atoms with Crippen LogP contribution in [0.15, 0.2) is 28.7 Å². The fourth-order valence-electron chi connectivity index (χ4n) is 2.32. The molecule has 0 unspecified atom stereocenters. The Morgan fingerprint density at radius 1 is 1.29 bits per heavy atom. The van der Waals surface area contributed by atoms with Crippen molar-refractivity contribution in [1.29, 1.82) is 0 Å². The number of rotatable bonds is 4. The minimum Gasteiger partial charge on any atom is -0.312 e. The van der Waals surface area contributed by atoms with E-state index in [0.717, 1.165) is 19.0 Å². The van der Waals surface area contributed by atoms with Gasteiger partial charge in [-0.05, 0) is 57.1 Å². The van der Waals surface area contributed by atoms with Gasteiger partial charge in [0.2, 0.25) is 0 Å². The van der Waals surface area contributed by atoms with Crippen molar-refractivity contribution in [1.82, 2.24) is 10.2 Å². The van der Waals surface area contributed by atoms with Gasteiger partial charge in [-0.2, -0.15) is 0 Å². The maximum absolute atomic E-state index is 3.58. The minimum atomic E-state index is 0.855. The van der Waals surface area contributed by atoms with Gasteiger partial charge in [-0.15, -0.1) is 0 Å². The topological polar surface area (TPSA) is 15.3 Å². The molecule has 1 heterocycles. The number of halogens is 1. The second kappa shape index (κ2) is 6.53. The number of likely N-dealkylation sites (tertiary alicyclic amines) is 1. The predicted molar refractivity (Wildman–Crippen MR) is 76.1 cm³/mol. The maximum atomic E-state index is 3.58. The Kier molecular flexibility index (Phi) is 5.01. The first-order chi connectivity index (χ1) is 8.25. The molecule has 94 valence electrons. The Hall–Kier alpha value is -0.380. The van der Waals surface area contributed by atoms with Crippen molar-refractivity contribution >= 4 is 15.9 Å². The zero-order chi connectivity index (χ0) is 12.1. The molecule has 0 atom stereocenters. The van der Waals surface area contributed by atoms with Gasteiger partial charge in [-0.3, -0.25) is 0 Å². The van der Waals surface area contributed by atoms with Crippen molar-refractivity contribution < 1.29 is 0 Å². The van der Waals surface area contributed by atoms with E-state index in [0.29, 0.717) is 0 Å². The third-order valence-corrected chi connectivity index (χ3v) is 4.32. The highest BCUT2D eigenvalue weighted by molar-refractivity contribution is 9.10. The molecule has 0 aromatic heterocycles. The summed E-state index contributed by atoms with van der Waals surface area (Å²) < 4.78 is 1.20. The van der Waals surface area contributed by atoms with Gasteiger partial charge in [0.25, 0.3) is 0 Å². The largest absolute Gasteiger partial charge is 0.312 e. The van der Waals surface area contributed by atoms with Crippen LogP contribution < -0.4 is 5.32 Å². The normalized spacial score (nSPS) is 18.5. The van der Waals surface area contributed by atoms with Crippen molar-refractivity contribution in [2.24, 2.45) is 5.92 Å². The zero-order valence-electron chi connectivity index (χ0n) is 10.5. The molecule has 0 spiro atoms. The average Bonchev–Trinajstić information content (AvgIpc) is 2.34. The number of benzene rings is 1. The lowest BCUT2D eigenvalue weighted by Gasteiger charge is -2.29. The lowest BCUT2D eigenvalue weighted by atomic mass is 9.97. The molecule has 1 aliphatic rings. The first kappa shape index (κ1) is 13.1. The number of piperidine rings is 1. The second-order valence-corrected chi connectivity index (χ2v) is 5.82. The molecule has 1 aromatic carbocycles. The van der Waals surface area contributed by atoms with Gasteiger partial charge in [-0.25, -0.2) is 0 Å². The van der Waals surface area contributed by atoms with E-state index >= 15 is 0 Å². The first-order valence-electron chi connectivity index (χ1n) is 6.38. The Morgan fingerprint density at radius 3 is 2.71 bits per heavy atom. The maximum Gasteiger partial charge on any atom is 0.0220 e. The molecule has 1 aromatic rings. The van der Waals surface area contributed by atoms with Gasteiger partial charge in [0.05, 0.1) is 0 Å². The average molecular weight is 297 g/mol. The van der Waals surface area contributed by atoms with Crippen LogP contribution in [0, 0.1) is 5.92 Å². The van der Waals surface area contributed by atoms with E-state index < -0.39 is 0 Å². The molecule has 1 fully saturated rings. The van der Waals surface area contributed by atoms with E-state index in [-0.39, 0.29) is 0 Å². The quantitative estimate of drug-likeness (QED) is 0.919. The van der Waals surface area contributed by atoms with Gasteiger partial charge in [0.1, 0.15) is 0 Å². The molecule has 1 aliphatic heterocycles. The highest BCUT2D eigenvalue weighted by Gasteiger charge is 2.15. The van der Waals surface area contributed by atoms with Gasteiger partial charge in [0, 0.05) is 11.0 Å². The second-order valence-electron chi connectivity index (χ2n) is 4.97. The molecular weight excluding hydrogens is 276 g/mol. The summed E-state index contributed by atoms with van der Waals surface area (Å²) in [7, 11) is 2.21. The first-order valence-corrected chi connectivity index (χ1v) is 7.17. The third kappa shape index (κ3) is 4.09. The van der Waals surface area contributed by atoms with E-state index in [9.17, 15) is 0 Å². The number of hydrogen-bond acceptors (Lipinski definition) is 2. The third-order valence-electron chi connectivity index (χ3n) is 3.54. The van der Waals surface area contributed by atoms with Gasteiger partial charge in [-0.1, -0.05) is 34.1 Å². The van der Waals surface area contributed by atoms with Crippen LogP contribution in [0.1, 0.15) is 18.4 Å². The summed E-state index contributed by atoms with van der Waals surface area (Å²) in [5.41, 5.74) is 1.35. The molecule has 0 amide bonds. The standard InChI is InChI=1S/C14H21BrN2/c1-17-8-6-12(7-9-17)10-16-11-13-4-2-3-5-14(13)15/h2-5,12,16H,6-11H2,1H3. The van der Waals surface area contributed by atoms with Gasteiger partial charge >= 0.3 is 0 Å². The Labute approximate surface area is 113 Å². The molecule has 0 saturated carbocycles. The summed E-state index contributed by atoms with van der Waals surface area (Å²) in [6.07, 6.45) is 2.67. The summed E-state index contributed by atoms with van der Waals surface area (Å²) in [6.45, 7) is 4.62. The van der Waals surface area contributed by atoms with E-state index in [1.165, 1.54) is 36.0 Å². The van der Waals surface area contributed by atoms with Crippen LogP contribution in [0.5, 0.6) is 0 Å². The molecule has 2 nitrogen and oxygen atoms in total. The highest BCUT2D eigenvalue weighted by Crippen LogP contribution is 2.17. The van der Waals surface area contributed by atoms with E-state index in [4.69, 9.17) is 0 Å². The summed E-state index contributed by atoms with van der Waals surface area (Å²) in [5, 5.41) is 3.58. The molecule has 1 N–H and O–H groups in total. The van der Waals surface area contributed by atoms with Crippen LogP contribution in [0.4, 0.5) is 0 Å². The number of hydrogen-bond donors (Lipinski definition) is 1. The molecule has 1 saturated heterocycles. The molecule has 0 radical (unpaired) electrons. The summed E-state index contributed by atoms with van der Waals surface area (Å²) in [6, 6.07) is 8.43. The number of nitrogens with zero attached hydrogens (tertiary/aromatic N) is 1. The highest BCUT2D eigenvalue weighted by atomic mass is 79.9. The minimum absolute atomic E-state index is 0.855. The predicted octanol–water partition coefficient (Wildman–Crippen LogP) is 2.88. The fourth-order valence-corrected chi connectivity index (χ4v) is 2.74. The summed E-state index contributed by atoms with van der Waals surface area (Å²) in [4.78, 5) is 2.42. The molecule has 0 bridgehead atoms. The fraction of sp³-hybridized carbons (Fsp3) is 0.571. The zero-order valence-corrected chi connectivity index (χ0v) is 12.0. The summed E-state index contributed by atoms with van der Waals surface area (Å²) in [5.74, 6) is 0.855. The Morgan fingerprint density at radius 2 is 2.00 bits per heavy atom. The van der Waals surface area contributed by atoms with Crippen LogP contribution in [0.25, 0.3) is 0 Å². The monoisotopic (exact) mass is 296 g/mol. The van der Waals surface area contributed by atoms with E-state index in [2.05, 4.69) is 57.5 Å². The van der Waals surface area contributed by atoms with Gasteiger partial charge < -0.3 is 10.2 Å². The Bertz CT molecular complexity index is 346. The Balaban J connectivity index is 1.71. The van der Waals surface area contributed by atoms with Crippen molar-refractivity contribution in [3.05, 3.63) is 34.3 Å². The van der Waals surface area contributed by atoms with Crippen molar-refractivity contribution in [2.45, 2.75) is 19.4 Å². The van der Waals surface area contributed by atoms with Crippen LogP contribution >= 0.6 is 15.9 Å². The molecule has 0 aliphatic carbocycles. The van der Waals surface area contributed by atoms with Crippen LogP contribution in [0.2, 0.25) is 0 Å². The lowest BCUT2D eigenvalue weighted by molar-refractivity contribution is 0.216. The molecular formula is C14H21BrN2. The van der Waals surface area contributed by atoms with Crippen LogP contribution in [-0.2, 0) is 6.54 Å². The van der Waals surface area contributed by atoms with Gasteiger partial charge in [0.15, 0.2) is 0 Å². The molecule has 3 heteroatoms. The number of nitrogens with one attached hydrogen (secondary N) is 1. The SMILES string of the molecule is CN1CCC(CNCc2ccccc2Br)CC1. The van der Waals surface area contributed by atoms with E-state index in [1.54, 1.807) is 0 Å². The van der Waals surface area contributed by atoms with Crippen molar-refractivity contribution in [2.75, 3.05) is 26.7 Å². The van der Waals surface area contributed by atoms with E-state index in [1.807, 2.05) is 0 Å². The van der Waals surface area contributed by atoms with Crippen LogP contribution in [-0.4, -0.2) is 31.6 Å². The lowest BCUT2D eigenvalue weighted by Crippen LogP contribution is -2.34. The van der Waals surface area contributed by atoms with Crippen LogP contribution in [0.3, 0.4) is 0 Å².